The average molecular weight is 268 g/mol. The Morgan fingerprint density at radius 1 is 1.06 bits per heavy atom. The summed E-state index contributed by atoms with van der Waals surface area (Å²) in [7, 11) is 4.59. The molecule has 0 unspecified atom stereocenters. The minimum Gasteiger partial charge on any atom is -0.496 e. The van der Waals surface area contributed by atoms with Crippen LogP contribution >= 0.6 is 11.6 Å². The van der Waals surface area contributed by atoms with E-state index < -0.39 is 0 Å². The highest BCUT2D eigenvalue weighted by Gasteiger charge is 2.15. The molecule has 0 aliphatic rings. The van der Waals surface area contributed by atoms with Gasteiger partial charge in [-0.1, -0.05) is 11.6 Å². The van der Waals surface area contributed by atoms with Gasteiger partial charge in [0.15, 0.2) is 11.5 Å². The predicted molar refractivity (Wildman–Crippen MR) is 70.2 cm³/mol. The molecule has 0 aliphatic heterocycles. The third-order valence-electron chi connectivity index (χ3n) is 2.44. The van der Waals surface area contributed by atoms with Gasteiger partial charge in [-0.05, 0) is 13.0 Å². The number of nitrogens with zero attached hydrogens (tertiary/aromatic N) is 1. The van der Waals surface area contributed by atoms with E-state index in [9.17, 15) is 0 Å². The first-order valence-electron chi connectivity index (χ1n) is 5.15. The van der Waals surface area contributed by atoms with Crippen molar-refractivity contribution in [2.75, 3.05) is 21.3 Å². The van der Waals surface area contributed by atoms with Crippen molar-refractivity contribution in [1.29, 1.82) is 5.26 Å². The summed E-state index contributed by atoms with van der Waals surface area (Å²) in [5.74, 6) is 1.58. The molecule has 0 radical (unpaired) electrons. The van der Waals surface area contributed by atoms with Crippen LogP contribution in [-0.2, 0) is 0 Å². The fourth-order valence-electron chi connectivity index (χ4n) is 1.45. The zero-order chi connectivity index (χ0) is 13.7. The van der Waals surface area contributed by atoms with Crippen LogP contribution in [0, 0.1) is 11.3 Å². The summed E-state index contributed by atoms with van der Waals surface area (Å²) in [6.45, 7) is 1.64. The number of halogens is 1. The minimum atomic E-state index is 0.329. The Morgan fingerprint density at radius 2 is 1.56 bits per heavy atom. The van der Waals surface area contributed by atoms with Crippen LogP contribution in [0.4, 0.5) is 0 Å². The van der Waals surface area contributed by atoms with Crippen molar-refractivity contribution in [2.45, 2.75) is 6.92 Å². The van der Waals surface area contributed by atoms with E-state index >= 15 is 0 Å². The smallest absolute Gasteiger partial charge is 0.164 e. The zero-order valence-electron chi connectivity index (χ0n) is 10.7. The molecular formula is C13H14ClNO3. The molecule has 0 spiro atoms. The zero-order valence-corrected chi connectivity index (χ0v) is 11.5. The van der Waals surface area contributed by atoms with Crippen LogP contribution in [0.1, 0.15) is 12.5 Å². The van der Waals surface area contributed by atoms with Gasteiger partial charge in [0.05, 0.1) is 32.4 Å². The Bertz CT molecular complexity index is 518. The van der Waals surface area contributed by atoms with Gasteiger partial charge in [0.25, 0.3) is 0 Å². The van der Waals surface area contributed by atoms with Crippen molar-refractivity contribution < 1.29 is 14.2 Å². The summed E-state index contributed by atoms with van der Waals surface area (Å²) in [5.41, 5.74) is 0.998. The molecule has 0 saturated carbocycles. The number of hydrogen-bond acceptors (Lipinski definition) is 4. The van der Waals surface area contributed by atoms with E-state index in [2.05, 4.69) is 0 Å². The van der Waals surface area contributed by atoms with Gasteiger partial charge >= 0.3 is 0 Å². The molecule has 1 rings (SSSR count). The lowest BCUT2D eigenvalue weighted by atomic mass is 10.1. The van der Waals surface area contributed by atoms with Crippen LogP contribution < -0.4 is 14.2 Å². The molecule has 1 aromatic rings. The van der Waals surface area contributed by atoms with Crippen LogP contribution in [0.2, 0.25) is 0 Å². The summed E-state index contributed by atoms with van der Waals surface area (Å²) in [6.07, 6.45) is 0. The van der Waals surface area contributed by atoms with Crippen LogP contribution in [0.3, 0.4) is 0 Å². The average Bonchev–Trinajstić information content (AvgIpc) is 2.43. The number of ether oxygens (including phenoxy) is 3. The van der Waals surface area contributed by atoms with Crippen molar-refractivity contribution in [1.82, 2.24) is 0 Å². The second-order valence-corrected chi connectivity index (χ2v) is 3.84. The van der Waals surface area contributed by atoms with Crippen LogP contribution in [0.15, 0.2) is 17.7 Å². The highest BCUT2D eigenvalue weighted by molar-refractivity contribution is 6.49. The number of hydrogen-bond donors (Lipinski definition) is 0. The summed E-state index contributed by atoms with van der Waals surface area (Å²) < 4.78 is 15.6. The van der Waals surface area contributed by atoms with Gasteiger partial charge in [0, 0.05) is 17.2 Å². The Hall–Kier alpha value is -1.86. The Balaban J connectivity index is 3.49. The summed E-state index contributed by atoms with van der Waals surface area (Å²) in [5, 5.41) is 9.20. The second-order valence-electron chi connectivity index (χ2n) is 3.46. The largest absolute Gasteiger partial charge is 0.496 e. The maximum atomic E-state index is 8.87. The molecule has 5 heteroatoms. The Kier molecular flexibility index (Phi) is 4.87. The molecule has 1 aromatic carbocycles. The fraction of sp³-hybridized carbons (Fsp3) is 0.308. The number of methoxy groups -OCH3 is 3. The van der Waals surface area contributed by atoms with Crippen molar-refractivity contribution in [3.8, 4) is 23.3 Å². The molecule has 96 valence electrons. The Labute approximate surface area is 111 Å². The maximum Gasteiger partial charge on any atom is 0.164 e. The van der Waals surface area contributed by atoms with E-state index in [0.29, 0.717) is 33.4 Å². The molecule has 18 heavy (non-hydrogen) atoms. The van der Waals surface area contributed by atoms with E-state index in [1.807, 2.05) is 6.07 Å². The molecule has 0 heterocycles. The van der Waals surface area contributed by atoms with Crippen molar-refractivity contribution in [2.24, 2.45) is 0 Å². The van der Waals surface area contributed by atoms with Gasteiger partial charge in [-0.15, -0.1) is 0 Å². The molecule has 4 nitrogen and oxygen atoms in total. The lowest BCUT2D eigenvalue weighted by Crippen LogP contribution is -1.96. The molecule has 0 fully saturated rings. The summed E-state index contributed by atoms with van der Waals surface area (Å²) >= 11 is 6.15. The third-order valence-corrected chi connectivity index (χ3v) is 2.93. The summed E-state index contributed by atoms with van der Waals surface area (Å²) in [6, 6.07) is 5.35. The number of allylic oxidation sites excluding steroid dienone is 1. The molecule has 0 aliphatic carbocycles. The SMILES string of the molecule is COc1cc(OC)c(C(Cl)=C(C)C#N)cc1OC. The Morgan fingerprint density at radius 3 is 2.00 bits per heavy atom. The third kappa shape index (κ3) is 2.69. The molecule has 0 amide bonds. The molecular weight excluding hydrogens is 254 g/mol. The van der Waals surface area contributed by atoms with Crippen LogP contribution in [-0.4, -0.2) is 21.3 Å². The van der Waals surface area contributed by atoms with Gasteiger partial charge in [-0.25, -0.2) is 0 Å². The highest BCUT2D eigenvalue weighted by atomic mass is 35.5. The van der Waals surface area contributed by atoms with Gasteiger partial charge in [0.1, 0.15) is 5.75 Å². The molecule has 0 bridgehead atoms. The number of rotatable bonds is 4. The van der Waals surface area contributed by atoms with Gasteiger partial charge in [-0.3, -0.25) is 0 Å². The van der Waals surface area contributed by atoms with E-state index in [1.54, 1.807) is 19.1 Å². The second kappa shape index (κ2) is 6.18. The quantitative estimate of drug-likeness (QED) is 0.786. The topological polar surface area (TPSA) is 51.5 Å². The first kappa shape index (κ1) is 14.2. The first-order chi connectivity index (χ1) is 8.58. The molecule has 0 aromatic heterocycles. The van der Waals surface area contributed by atoms with Gasteiger partial charge in [0.2, 0.25) is 0 Å². The summed E-state index contributed by atoms with van der Waals surface area (Å²) in [4.78, 5) is 0. The number of nitriles is 1. The van der Waals surface area contributed by atoms with Gasteiger partial charge < -0.3 is 14.2 Å². The fourth-order valence-corrected chi connectivity index (χ4v) is 1.64. The maximum absolute atomic E-state index is 8.87. The number of benzene rings is 1. The van der Waals surface area contributed by atoms with E-state index in [-0.39, 0.29) is 0 Å². The lowest BCUT2D eigenvalue weighted by molar-refractivity contribution is 0.348. The van der Waals surface area contributed by atoms with Crippen molar-refractivity contribution in [3.63, 3.8) is 0 Å². The van der Waals surface area contributed by atoms with Crippen molar-refractivity contribution in [3.05, 3.63) is 23.3 Å². The first-order valence-corrected chi connectivity index (χ1v) is 5.53. The molecule has 0 saturated heterocycles. The van der Waals surface area contributed by atoms with E-state index in [0.717, 1.165) is 0 Å². The van der Waals surface area contributed by atoms with Crippen LogP contribution in [0.5, 0.6) is 17.2 Å². The normalized spacial score (nSPS) is 11.3. The van der Waals surface area contributed by atoms with E-state index in [4.69, 9.17) is 31.1 Å². The van der Waals surface area contributed by atoms with E-state index in [1.165, 1.54) is 21.3 Å². The predicted octanol–water partition coefficient (Wildman–Crippen LogP) is 3.21. The molecule has 0 N–H and O–H groups in total. The molecule has 0 atom stereocenters. The minimum absolute atomic E-state index is 0.329. The lowest BCUT2D eigenvalue weighted by Gasteiger charge is -2.13. The monoisotopic (exact) mass is 267 g/mol. The highest BCUT2D eigenvalue weighted by Crippen LogP contribution is 2.39. The standard InChI is InChI=1S/C13H14ClNO3/c1-8(7-15)13(14)9-5-11(17-3)12(18-4)6-10(9)16-2/h5-6H,1-4H3. The van der Waals surface area contributed by atoms with Gasteiger partial charge in [-0.2, -0.15) is 5.26 Å². The van der Waals surface area contributed by atoms with Crippen LogP contribution in [0.25, 0.3) is 5.03 Å². The van der Waals surface area contributed by atoms with Crippen molar-refractivity contribution >= 4 is 16.6 Å².